The molecule has 0 radical (unpaired) electrons. The summed E-state index contributed by atoms with van der Waals surface area (Å²) in [4.78, 5) is 0. The van der Waals surface area contributed by atoms with E-state index < -0.39 is 0 Å². The molecule has 1 aliphatic carbocycles. The maximum absolute atomic E-state index is 6.45. The molecule has 5 rings (SSSR count). The van der Waals surface area contributed by atoms with E-state index in [-0.39, 0.29) is 0 Å². The van der Waals surface area contributed by atoms with E-state index in [4.69, 9.17) is 4.42 Å². The average molecular weight is 350 g/mol. The van der Waals surface area contributed by atoms with Crippen molar-refractivity contribution in [2.24, 2.45) is 0 Å². The van der Waals surface area contributed by atoms with Crippen LogP contribution >= 0.6 is 0 Å². The molecule has 1 aliphatic heterocycles. The molecule has 27 heavy (non-hydrogen) atoms. The summed E-state index contributed by atoms with van der Waals surface area (Å²) < 4.78 is 6.45. The topological polar surface area (TPSA) is 13.1 Å². The Hall–Kier alpha value is -3.06. The Balaban J connectivity index is 1.92. The van der Waals surface area contributed by atoms with Gasteiger partial charge in [-0.15, -0.1) is 0 Å². The lowest BCUT2D eigenvalue weighted by Gasteiger charge is -2.14. The van der Waals surface area contributed by atoms with Gasteiger partial charge in [0, 0.05) is 11.1 Å². The first-order valence-electron chi connectivity index (χ1n) is 9.61. The van der Waals surface area contributed by atoms with E-state index >= 15 is 0 Å². The van der Waals surface area contributed by atoms with Gasteiger partial charge < -0.3 is 4.42 Å². The van der Waals surface area contributed by atoms with Crippen molar-refractivity contribution in [2.75, 3.05) is 0 Å². The molecule has 0 bridgehead atoms. The van der Waals surface area contributed by atoms with Crippen LogP contribution in [0.1, 0.15) is 23.8 Å². The van der Waals surface area contributed by atoms with E-state index in [0.717, 1.165) is 17.9 Å². The fourth-order valence-electron chi connectivity index (χ4n) is 4.54. The molecule has 3 aromatic carbocycles. The summed E-state index contributed by atoms with van der Waals surface area (Å²) in [6, 6.07) is 23.9. The summed E-state index contributed by atoms with van der Waals surface area (Å²) >= 11 is 0. The van der Waals surface area contributed by atoms with Crippen LogP contribution in [0.5, 0.6) is 0 Å². The number of hydrogen-bond donors (Lipinski definition) is 0. The fraction of sp³-hybridized carbons (Fsp3) is 0.154. The molecule has 0 aromatic heterocycles. The third kappa shape index (κ3) is 2.31. The number of aryl methyl sites for hydroxylation is 1. The van der Waals surface area contributed by atoms with Gasteiger partial charge in [-0.1, -0.05) is 67.6 Å². The molecule has 1 nitrogen and oxygen atoms in total. The zero-order valence-electron chi connectivity index (χ0n) is 16.0. The molecule has 0 saturated carbocycles. The van der Waals surface area contributed by atoms with Crippen LogP contribution in [0.3, 0.4) is 0 Å². The Bertz CT molecular complexity index is 1270. The van der Waals surface area contributed by atoms with Gasteiger partial charge in [0.1, 0.15) is 11.5 Å². The second-order valence-electron chi connectivity index (χ2n) is 7.30. The van der Waals surface area contributed by atoms with Crippen molar-refractivity contribution in [2.45, 2.75) is 27.2 Å². The smallest absolute Gasteiger partial charge is 0.143 e. The Kier molecular flexibility index (Phi) is 3.58. The average Bonchev–Trinajstić information content (AvgIpc) is 3.02. The van der Waals surface area contributed by atoms with E-state index in [1.54, 1.807) is 0 Å². The van der Waals surface area contributed by atoms with Crippen LogP contribution in [0.25, 0.3) is 44.0 Å². The second-order valence-corrected chi connectivity index (χ2v) is 7.30. The molecular weight excluding hydrogens is 328 g/mol. The zero-order chi connectivity index (χ0) is 18.5. The molecule has 0 saturated heterocycles. The predicted molar refractivity (Wildman–Crippen MR) is 115 cm³/mol. The molecule has 0 atom stereocenters. The molecule has 0 spiro atoms. The van der Waals surface area contributed by atoms with Gasteiger partial charge in [0.2, 0.25) is 0 Å². The van der Waals surface area contributed by atoms with Crippen LogP contribution in [0.15, 0.2) is 71.1 Å². The van der Waals surface area contributed by atoms with Gasteiger partial charge in [0.25, 0.3) is 0 Å². The zero-order valence-corrected chi connectivity index (χ0v) is 16.0. The standard InChI is InChI=1S/C26H22O/c1-4-21-16(2)24-22-11-7-8-12-23(22)25(26(24)27-17(21)3)20-14-13-18-9-5-6-10-19(18)15-20/h5-15H,4H2,1-3H3. The molecule has 0 unspecified atom stereocenters. The van der Waals surface area contributed by atoms with Gasteiger partial charge in [0.05, 0.1) is 0 Å². The second kappa shape index (κ2) is 5.99. The first-order valence-corrected chi connectivity index (χ1v) is 9.61. The minimum absolute atomic E-state index is 0.988. The largest absolute Gasteiger partial charge is 0.460 e. The molecule has 132 valence electrons. The van der Waals surface area contributed by atoms with Crippen LogP contribution in [0, 0.1) is 13.8 Å². The highest BCUT2D eigenvalue weighted by Gasteiger charge is 2.25. The molecule has 0 amide bonds. The lowest BCUT2D eigenvalue weighted by Crippen LogP contribution is -1.95. The number of fused-ring (bicyclic) bond motifs is 4. The van der Waals surface area contributed by atoms with Gasteiger partial charge in [-0.3, -0.25) is 0 Å². The molecule has 0 N–H and O–H groups in total. The Morgan fingerprint density at radius 2 is 1.41 bits per heavy atom. The summed E-state index contributed by atoms with van der Waals surface area (Å²) in [6.07, 6.45) is 0.988. The van der Waals surface area contributed by atoms with Crippen LogP contribution in [-0.2, 0) is 6.42 Å². The predicted octanol–water partition coefficient (Wildman–Crippen LogP) is 7.54. The van der Waals surface area contributed by atoms with Gasteiger partial charge >= 0.3 is 0 Å². The summed E-state index contributed by atoms with van der Waals surface area (Å²) in [7, 11) is 0. The van der Waals surface area contributed by atoms with E-state index in [0.29, 0.717) is 0 Å². The van der Waals surface area contributed by atoms with Crippen molar-refractivity contribution in [1.82, 2.24) is 0 Å². The molecule has 3 aromatic rings. The van der Waals surface area contributed by atoms with Gasteiger partial charge in [-0.25, -0.2) is 0 Å². The molecule has 0 fully saturated rings. The quantitative estimate of drug-likeness (QED) is 0.320. The van der Waals surface area contributed by atoms with Crippen LogP contribution in [-0.4, -0.2) is 0 Å². The van der Waals surface area contributed by atoms with Crippen molar-refractivity contribution in [3.8, 4) is 22.5 Å². The Morgan fingerprint density at radius 1 is 0.741 bits per heavy atom. The van der Waals surface area contributed by atoms with Crippen LogP contribution in [0.2, 0.25) is 0 Å². The minimum Gasteiger partial charge on any atom is -0.460 e. The highest BCUT2D eigenvalue weighted by Crippen LogP contribution is 2.48. The van der Waals surface area contributed by atoms with Crippen molar-refractivity contribution in [1.29, 1.82) is 0 Å². The van der Waals surface area contributed by atoms with E-state index in [9.17, 15) is 0 Å². The fourth-order valence-corrected chi connectivity index (χ4v) is 4.54. The van der Waals surface area contributed by atoms with Crippen molar-refractivity contribution < 1.29 is 4.42 Å². The summed E-state index contributed by atoms with van der Waals surface area (Å²) in [6.45, 7) is 6.53. The van der Waals surface area contributed by atoms with E-state index in [1.165, 1.54) is 49.4 Å². The van der Waals surface area contributed by atoms with Gasteiger partial charge in [0.15, 0.2) is 0 Å². The molecule has 1 heterocycles. The van der Waals surface area contributed by atoms with Crippen molar-refractivity contribution >= 4 is 21.5 Å². The normalized spacial score (nSPS) is 11.7. The molecular formula is C26H22O. The molecule has 1 heteroatoms. The maximum Gasteiger partial charge on any atom is 0.143 e. The number of rotatable bonds is 2. The number of hydrogen-bond acceptors (Lipinski definition) is 1. The summed E-state index contributed by atoms with van der Waals surface area (Å²) in [5.74, 6) is 2.04. The first-order chi connectivity index (χ1) is 13.2. The van der Waals surface area contributed by atoms with Crippen molar-refractivity contribution in [3.63, 3.8) is 0 Å². The lowest BCUT2D eigenvalue weighted by atomic mass is 9.97. The van der Waals surface area contributed by atoms with E-state index in [2.05, 4.69) is 87.5 Å². The van der Waals surface area contributed by atoms with E-state index in [1.807, 2.05) is 0 Å². The third-order valence-electron chi connectivity index (χ3n) is 5.82. The molecule has 2 aliphatic rings. The third-order valence-corrected chi connectivity index (χ3v) is 5.82. The van der Waals surface area contributed by atoms with Gasteiger partial charge in [-0.2, -0.15) is 0 Å². The van der Waals surface area contributed by atoms with Crippen LogP contribution < -0.4 is 0 Å². The highest BCUT2D eigenvalue weighted by molar-refractivity contribution is 6.14. The monoisotopic (exact) mass is 350 g/mol. The number of benzene rings is 3. The lowest BCUT2D eigenvalue weighted by molar-refractivity contribution is 0.523. The minimum atomic E-state index is 0.988. The van der Waals surface area contributed by atoms with Gasteiger partial charge in [-0.05, 0) is 64.6 Å². The SMILES string of the molecule is CCc1c(C)oc2c(-c3ccc4ccccc4c3)c3ccccc3c-2c1C. The Labute approximate surface area is 159 Å². The van der Waals surface area contributed by atoms with Crippen LogP contribution in [0.4, 0.5) is 0 Å². The summed E-state index contributed by atoms with van der Waals surface area (Å²) in [5, 5.41) is 5.07. The Morgan fingerprint density at radius 3 is 2.15 bits per heavy atom. The first kappa shape index (κ1) is 16.1. The maximum atomic E-state index is 6.45. The summed E-state index contributed by atoms with van der Waals surface area (Å²) in [5.41, 5.74) is 6.35. The highest BCUT2D eigenvalue weighted by atomic mass is 16.3. The van der Waals surface area contributed by atoms with Crippen molar-refractivity contribution in [3.05, 3.63) is 83.6 Å².